The monoisotopic (exact) mass is 255 g/mol. The maximum Gasteiger partial charge on any atom is 0.236 e. The van der Waals surface area contributed by atoms with Crippen LogP contribution in [0.15, 0.2) is 0 Å². The summed E-state index contributed by atoms with van der Waals surface area (Å²) in [6.45, 7) is 7.71. The maximum absolute atomic E-state index is 12.1. The van der Waals surface area contributed by atoms with Gasteiger partial charge in [0.25, 0.3) is 0 Å². The number of nitrogens with one attached hydrogen (secondary N) is 1. The predicted octanol–water partition coefficient (Wildman–Crippen LogP) is -0.0809. The molecule has 0 aromatic carbocycles. The van der Waals surface area contributed by atoms with Gasteiger partial charge in [0.2, 0.25) is 5.91 Å². The molecule has 2 saturated heterocycles. The van der Waals surface area contributed by atoms with Crippen molar-refractivity contribution < 1.29 is 9.53 Å². The molecule has 2 heterocycles. The number of carbonyl (C=O) groups is 1. The smallest absolute Gasteiger partial charge is 0.236 e. The third kappa shape index (κ3) is 3.43. The van der Waals surface area contributed by atoms with Crippen LogP contribution in [0.4, 0.5) is 0 Å². The van der Waals surface area contributed by atoms with Gasteiger partial charge in [-0.05, 0) is 26.8 Å². The van der Waals surface area contributed by atoms with Gasteiger partial charge in [-0.1, -0.05) is 0 Å². The number of hydrogen-bond donors (Lipinski definition) is 1. The van der Waals surface area contributed by atoms with Crippen LogP contribution in [0.25, 0.3) is 0 Å². The number of hydrogen-bond acceptors (Lipinski definition) is 4. The largest absolute Gasteiger partial charge is 0.378 e. The molecular weight excluding hydrogens is 230 g/mol. The number of carbonyl (C=O) groups excluding carboxylic acids is 1. The van der Waals surface area contributed by atoms with Crippen molar-refractivity contribution in [2.45, 2.75) is 25.3 Å². The van der Waals surface area contributed by atoms with Crippen molar-refractivity contribution in [3.63, 3.8) is 0 Å². The minimum atomic E-state index is 0.249. The second kappa shape index (κ2) is 5.99. The van der Waals surface area contributed by atoms with Crippen molar-refractivity contribution in [2.75, 3.05) is 53.0 Å². The normalized spacial score (nSPS) is 25.1. The fourth-order valence-corrected chi connectivity index (χ4v) is 2.56. The van der Waals surface area contributed by atoms with E-state index >= 15 is 0 Å². The quantitative estimate of drug-likeness (QED) is 0.766. The van der Waals surface area contributed by atoms with Gasteiger partial charge in [-0.15, -0.1) is 0 Å². The van der Waals surface area contributed by atoms with Crippen molar-refractivity contribution in [3.05, 3.63) is 0 Å². The topological polar surface area (TPSA) is 44.8 Å². The van der Waals surface area contributed by atoms with E-state index in [-0.39, 0.29) is 11.4 Å². The predicted molar refractivity (Wildman–Crippen MR) is 70.5 cm³/mol. The molecule has 1 amide bonds. The van der Waals surface area contributed by atoms with E-state index in [9.17, 15) is 4.79 Å². The van der Waals surface area contributed by atoms with Gasteiger partial charge < -0.3 is 15.0 Å². The summed E-state index contributed by atoms with van der Waals surface area (Å²) in [6.07, 6.45) is 2.22. The molecule has 2 aliphatic rings. The summed E-state index contributed by atoms with van der Waals surface area (Å²) in [6, 6.07) is 0. The van der Waals surface area contributed by atoms with Gasteiger partial charge in [-0.25, -0.2) is 0 Å². The second-order valence-electron chi connectivity index (χ2n) is 5.58. The lowest BCUT2D eigenvalue weighted by atomic mass is 9.90. The van der Waals surface area contributed by atoms with Gasteiger partial charge in [0, 0.05) is 31.7 Å². The van der Waals surface area contributed by atoms with E-state index in [1.165, 1.54) is 0 Å². The number of rotatable bonds is 3. The first kappa shape index (κ1) is 13.8. The highest BCUT2D eigenvalue weighted by atomic mass is 16.5. The second-order valence-corrected chi connectivity index (χ2v) is 5.58. The maximum atomic E-state index is 12.1. The average Bonchev–Trinajstić information content (AvgIpc) is 2.42. The van der Waals surface area contributed by atoms with E-state index in [0.717, 1.165) is 39.0 Å². The Morgan fingerprint density at radius 3 is 2.39 bits per heavy atom. The number of ether oxygens (including phenoxy) is 1. The van der Waals surface area contributed by atoms with Crippen molar-refractivity contribution in [1.29, 1.82) is 0 Å². The number of nitrogens with zero attached hydrogens (tertiary/aromatic N) is 2. The zero-order chi connectivity index (χ0) is 13.0. The van der Waals surface area contributed by atoms with Gasteiger partial charge in [0.05, 0.1) is 19.8 Å². The highest BCUT2D eigenvalue weighted by Gasteiger charge is 2.29. The van der Waals surface area contributed by atoms with Gasteiger partial charge >= 0.3 is 0 Å². The lowest BCUT2D eigenvalue weighted by Gasteiger charge is -2.39. The SMILES string of the molecule is CNC1(C)CCN(CC(=O)N2CCOCC2)CC1. The van der Waals surface area contributed by atoms with Crippen LogP contribution in [0.1, 0.15) is 19.8 Å². The Kier molecular flexibility index (Phi) is 4.59. The Hall–Kier alpha value is -0.650. The molecule has 0 radical (unpaired) electrons. The molecule has 2 fully saturated rings. The molecule has 0 aromatic heterocycles. The molecule has 0 aromatic rings. The zero-order valence-electron chi connectivity index (χ0n) is 11.6. The van der Waals surface area contributed by atoms with E-state index < -0.39 is 0 Å². The van der Waals surface area contributed by atoms with E-state index in [1.807, 2.05) is 11.9 Å². The Labute approximate surface area is 109 Å². The Morgan fingerprint density at radius 1 is 1.22 bits per heavy atom. The molecular formula is C13H25N3O2. The van der Waals surface area contributed by atoms with E-state index in [2.05, 4.69) is 17.1 Å². The lowest BCUT2D eigenvalue weighted by molar-refractivity contribution is -0.136. The molecule has 0 saturated carbocycles. The van der Waals surface area contributed by atoms with Crippen LogP contribution in [0.3, 0.4) is 0 Å². The third-order valence-corrected chi connectivity index (χ3v) is 4.29. The molecule has 104 valence electrons. The molecule has 0 unspecified atom stereocenters. The summed E-state index contributed by atoms with van der Waals surface area (Å²) in [5.41, 5.74) is 0.249. The first-order valence-electron chi connectivity index (χ1n) is 6.90. The summed E-state index contributed by atoms with van der Waals surface area (Å²) in [5.74, 6) is 0.256. The van der Waals surface area contributed by atoms with Crippen LogP contribution in [-0.2, 0) is 9.53 Å². The van der Waals surface area contributed by atoms with Gasteiger partial charge in [0.1, 0.15) is 0 Å². The van der Waals surface area contributed by atoms with E-state index in [1.54, 1.807) is 0 Å². The summed E-state index contributed by atoms with van der Waals surface area (Å²) in [4.78, 5) is 16.3. The van der Waals surface area contributed by atoms with Gasteiger partial charge in [-0.2, -0.15) is 0 Å². The van der Waals surface area contributed by atoms with Crippen LogP contribution in [0.5, 0.6) is 0 Å². The third-order valence-electron chi connectivity index (χ3n) is 4.29. The van der Waals surface area contributed by atoms with Crippen molar-refractivity contribution in [3.8, 4) is 0 Å². The van der Waals surface area contributed by atoms with Crippen LogP contribution >= 0.6 is 0 Å². The summed E-state index contributed by atoms with van der Waals surface area (Å²) in [5, 5.41) is 3.38. The number of morpholine rings is 1. The van der Waals surface area contributed by atoms with Gasteiger partial charge in [-0.3, -0.25) is 9.69 Å². The molecule has 0 bridgehead atoms. The first-order chi connectivity index (χ1) is 8.63. The standard InChI is InChI=1S/C13H25N3O2/c1-13(14-2)3-5-15(6-4-13)11-12(17)16-7-9-18-10-8-16/h14H,3-11H2,1-2H3. The molecule has 2 rings (SSSR count). The van der Waals surface area contributed by atoms with Crippen molar-refractivity contribution in [2.24, 2.45) is 0 Å². The molecule has 0 atom stereocenters. The summed E-state index contributed by atoms with van der Waals surface area (Å²) < 4.78 is 5.27. The fourth-order valence-electron chi connectivity index (χ4n) is 2.56. The van der Waals surface area contributed by atoms with E-state index in [0.29, 0.717) is 19.8 Å². The molecule has 18 heavy (non-hydrogen) atoms. The van der Waals surface area contributed by atoms with Gasteiger partial charge in [0.15, 0.2) is 0 Å². The van der Waals surface area contributed by atoms with Crippen LogP contribution < -0.4 is 5.32 Å². The molecule has 2 aliphatic heterocycles. The minimum Gasteiger partial charge on any atom is -0.378 e. The fraction of sp³-hybridized carbons (Fsp3) is 0.923. The van der Waals surface area contributed by atoms with E-state index in [4.69, 9.17) is 4.74 Å². The molecule has 0 spiro atoms. The van der Waals surface area contributed by atoms with Crippen LogP contribution in [-0.4, -0.2) is 74.2 Å². The molecule has 5 nitrogen and oxygen atoms in total. The summed E-state index contributed by atoms with van der Waals surface area (Å²) >= 11 is 0. The Balaban J connectivity index is 1.75. The molecule has 0 aliphatic carbocycles. The minimum absolute atomic E-state index is 0.249. The highest BCUT2D eigenvalue weighted by Crippen LogP contribution is 2.20. The molecule has 5 heteroatoms. The number of amides is 1. The zero-order valence-corrected chi connectivity index (χ0v) is 11.6. The lowest BCUT2D eigenvalue weighted by Crippen LogP contribution is -2.52. The van der Waals surface area contributed by atoms with Crippen LogP contribution in [0, 0.1) is 0 Å². The molecule has 1 N–H and O–H groups in total. The van der Waals surface area contributed by atoms with Crippen molar-refractivity contribution in [1.82, 2.24) is 15.1 Å². The Morgan fingerprint density at radius 2 is 1.83 bits per heavy atom. The average molecular weight is 255 g/mol. The summed E-state index contributed by atoms with van der Waals surface area (Å²) in [7, 11) is 2.02. The number of likely N-dealkylation sites (tertiary alicyclic amines) is 1. The number of piperidine rings is 1. The first-order valence-corrected chi connectivity index (χ1v) is 6.90. The van der Waals surface area contributed by atoms with Crippen molar-refractivity contribution >= 4 is 5.91 Å². The highest BCUT2D eigenvalue weighted by molar-refractivity contribution is 5.78. The Bertz CT molecular complexity index is 282. The van der Waals surface area contributed by atoms with Crippen LogP contribution in [0.2, 0.25) is 0 Å².